The van der Waals surface area contributed by atoms with Crippen molar-refractivity contribution in [2.45, 2.75) is 43.9 Å². The van der Waals surface area contributed by atoms with E-state index in [0.717, 1.165) is 29.4 Å². The van der Waals surface area contributed by atoms with Crippen molar-refractivity contribution < 1.29 is 14.6 Å². The van der Waals surface area contributed by atoms with E-state index in [1.54, 1.807) is 0 Å². The van der Waals surface area contributed by atoms with Crippen LogP contribution in [0.2, 0.25) is 0 Å². The first-order valence-corrected chi connectivity index (χ1v) is 9.07. The molecule has 2 aliphatic rings. The number of aliphatic hydroxyl groups is 1. The summed E-state index contributed by atoms with van der Waals surface area (Å²) in [7, 11) is 0. The van der Waals surface area contributed by atoms with Gasteiger partial charge >= 0.3 is 6.03 Å². The number of benzene rings is 2. The number of hydrogen-bond acceptors (Lipinski definition) is 3. The molecule has 0 spiro atoms. The maximum atomic E-state index is 12.5. The van der Waals surface area contributed by atoms with Gasteiger partial charge in [0.2, 0.25) is 0 Å². The summed E-state index contributed by atoms with van der Waals surface area (Å²) in [4.78, 5) is 14.4. The second kappa shape index (κ2) is 6.92. The molecule has 2 bridgehead atoms. The van der Waals surface area contributed by atoms with E-state index in [1.165, 1.54) is 0 Å². The zero-order valence-electron chi connectivity index (χ0n) is 14.2. The van der Waals surface area contributed by atoms with Gasteiger partial charge in [-0.1, -0.05) is 36.4 Å². The van der Waals surface area contributed by atoms with Crippen molar-refractivity contribution in [1.82, 2.24) is 10.2 Å². The van der Waals surface area contributed by atoms with Crippen LogP contribution < -0.4 is 10.1 Å². The SMILES string of the molecule is O=C(NCCOc1cccc2ccccc12)N1[C@H]2CC[C@H]1CC(O)C2. The van der Waals surface area contributed by atoms with Gasteiger partial charge in [0.1, 0.15) is 12.4 Å². The van der Waals surface area contributed by atoms with Crippen molar-refractivity contribution in [3.05, 3.63) is 42.5 Å². The molecule has 132 valence electrons. The summed E-state index contributed by atoms with van der Waals surface area (Å²) < 4.78 is 5.87. The molecule has 0 radical (unpaired) electrons. The molecule has 4 rings (SSSR count). The fraction of sp³-hybridized carbons (Fsp3) is 0.450. The second-order valence-corrected chi connectivity index (χ2v) is 6.98. The minimum atomic E-state index is -0.253. The van der Waals surface area contributed by atoms with E-state index in [0.29, 0.717) is 26.0 Å². The van der Waals surface area contributed by atoms with Crippen LogP contribution in [-0.2, 0) is 0 Å². The number of hydrogen-bond donors (Lipinski definition) is 2. The van der Waals surface area contributed by atoms with Gasteiger partial charge in [-0.25, -0.2) is 4.79 Å². The molecule has 0 saturated carbocycles. The number of amides is 2. The Bertz CT molecular complexity index is 744. The number of carbonyl (C=O) groups excluding carboxylic acids is 1. The summed E-state index contributed by atoms with van der Waals surface area (Å²) in [5.74, 6) is 0.841. The van der Waals surface area contributed by atoms with Crippen molar-refractivity contribution in [3.63, 3.8) is 0 Å². The van der Waals surface area contributed by atoms with Crippen LogP contribution >= 0.6 is 0 Å². The van der Waals surface area contributed by atoms with Gasteiger partial charge < -0.3 is 20.1 Å². The van der Waals surface area contributed by atoms with Crippen LogP contribution in [0.1, 0.15) is 25.7 Å². The van der Waals surface area contributed by atoms with Crippen LogP contribution in [0.15, 0.2) is 42.5 Å². The Morgan fingerprint density at radius 1 is 1.12 bits per heavy atom. The highest BCUT2D eigenvalue weighted by atomic mass is 16.5. The Balaban J connectivity index is 1.30. The summed E-state index contributed by atoms with van der Waals surface area (Å²) in [5.41, 5.74) is 0. The summed E-state index contributed by atoms with van der Waals surface area (Å²) >= 11 is 0. The number of fused-ring (bicyclic) bond motifs is 3. The van der Waals surface area contributed by atoms with E-state index in [4.69, 9.17) is 4.74 Å². The molecule has 2 N–H and O–H groups in total. The first kappa shape index (κ1) is 16.2. The molecular formula is C20H24N2O3. The lowest BCUT2D eigenvalue weighted by molar-refractivity contribution is 0.0540. The van der Waals surface area contributed by atoms with Crippen LogP contribution in [0.25, 0.3) is 10.8 Å². The van der Waals surface area contributed by atoms with Gasteiger partial charge in [-0.2, -0.15) is 0 Å². The summed E-state index contributed by atoms with van der Waals surface area (Å²) in [6, 6.07) is 14.5. The van der Waals surface area contributed by atoms with E-state index in [9.17, 15) is 9.90 Å². The Labute approximate surface area is 147 Å². The Morgan fingerprint density at radius 2 is 1.84 bits per heavy atom. The molecule has 2 aromatic carbocycles. The zero-order chi connectivity index (χ0) is 17.2. The molecule has 0 aliphatic carbocycles. The number of rotatable bonds is 4. The van der Waals surface area contributed by atoms with Gasteiger partial charge in [0.15, 0.2) is 0 Å². The molecular weight excluding hydrogens is 316 g/mol. The van der Waals surface area contributed by atoms with Gasteiger partial charge in [-0.15, -0.1) is 0 Å². The molecule has 2 atom stereocenters. The summed E-state index contributed by atoms with van der Waals surface area (Å²) in [6.07, 6.45) is 3.16. The Morgan fingerprint density at radius 3 is 2.64 bits per heavy atom. The minimum Gasteiger partial charge on any atom is -0.491 e. The van der Waals surface area contributed by atoms with E-state index in [1.807, 2.05) is 35.2 Å². The number of aliphatic hydroxyl groups excluding tert-OH is 1. The third-order valence-electron chi connectivity index (χ3n) is 5.33. The third kappa shape index (κ3) is 3.29. The molecule has 5 heteroatoms. The number of carbonyl (C=O) groups is 1. The van der Waals surface area contributed by atoms with Gasteiger partial charge in [-0.3, -0.25) is 0 Å². The maximum absolute atomic E-state index is 12.5. The summed E-state index contributed by atoms with van der Waals surface area (Å²) in [5, 5.41) is 15.0. The van der Waals surface area contributed by atoms with Crippen LogP contribution in [0.5, 0.6) is 5.75 Å². The summed E-state index contributed by atoms with van der Waals surface area (Å²) in [6.45, 7) is 0.909. The average Bonchev–Trinajstić information content (AvgIpc) is 2.90. The van der Waals surface area contributed by atoms with Crippen molar-refractivity contribution in [1.29, 1.82) is 0 Å². The first-order chi connectivity index (χ1) is 12.2. The molecule has 5 nitrogen and oxygen atoms in total. The third-order valence-corrected chi connectivity index (χ3v) is 5.33. The molecule has 0 aromatic heterocycles. The molecule has 2 aliphatic heterocycles. The molecule has 2 aromatic rings. The monoisotopic (exact) mass is 340 g/mol. The van der Waals surface area contributed by atoms with Crippen LogP contribution in [0.3, 0.4) is 0 Å². The van der Waals surface area contributed by atoms with Gasteiger partial charge in [0, 0.05) is 17.5 Å². The lowest BCUT2D eigenvalue weighted by Gasteiger charge is -2.37. The van der Waals surface area contributed by atoms with Gasteiger partial charge in [0.05, 0.1) is 12.6 Å². The minimum absolute atomic E-state index is 0.0269. The largest absolute Gasteiger partial charge is 0.491 e. The fourth-order valence-corrected chi connectivity index (χ4v) is 4.21. The molecule has 0 unspecified atom stereocenters. The van der Waals surface area contributed by atoms with E-state index in [2.05, 4.69) is 17.4 Å². The first-order valence-electron chi connectivity index (χ1n) is 9.07. The standard InChI is InChI=1S/C20H24N2O3/c23-17-12-15-8-9-16(13-17)22(15)20(24)21-10-11-25-19-7-3-5-14-4-1-2-6-18(14)19/h1-7,15-17,23H,8-13H2,(H,21,24)/t15-,16-/m0/s1. The maximum Gasteiger partial charge on any atom is 0.318 e. The van der Waals surface area contributed by atoms with Crippen LogP contribution in [0.4, 0.5) is 4.79 Å². The molecule has 2 saturated heterocycles. The lowest BCUT2D eigenvalue weighted by atomic mass is 10.0. The quantitative estimate of drug-likeness (QED) is 0.841. The van der Waals surface area contributed by atoms with E-state index < -0.39 is 0 Å². The topological polar surface area (TPSA) is 61.8 Å². The van der Waals surface area contributed by atoms with Crippen LogP contribution in [-0.4, -0.2) is 47.4 Å². The number of nitrogens with zero attached hydrogens (tertiary/aromatic N) is 1. The van der Waals surface area contributed by atoms with Crippen molar-refractivity contribution in [3.8, 4) is 5.75 Å². The van der Waals surface area contributed by atoms with Gasteiger partial charge in [0.25, 0.3) is 0 Å². The predicted octanol–water partition coefficient (Wildman–Crippen LogP) is 2.92. The van der Waals surface area contributed by atoms with Gasteiger partial charge in [-0.05, 0) is 37.1 Å². The van der Waals surface area contributed by atoms with Crippen LogP contribution in [0, 0.1) is 0 Å². The highest BCUT2D eigenvalue weighted by Gasteiger charge is 2.42. The normalized spacial score (nSPS) is 25.2. The van der Waals surface area contributed by atoms with E-state index >= 15 is 0 Å². The zero-order valence-corrected chi connectivity index (χ0v) is 14.2. The number of urea groups is 1. The molecule has 25 heavy (non-hydrogen) atoms. The van der Waals surface area contributed by atoms with Crippen molar-refractivity contribution in [2.24, 2.45) is 0 Å². The predicted molar refractivity (Wildman–Crippen MR) is 96.7 cm³/mol. The number of piperidine rings is 1. The lowest BCUT2D eigenvalue weighted by Crippen LogP contribution is -2.52. The molecule has 2 heterocycles. The number of nitrogens with one attached hydrogen (secondary N) is 1. The molecule has 2 amide bonds. The highest BCUT2D eigenvalue weighted by Crippen LogP contribution is 2.35. The fourth-order valence-electron chi connectivity index (χ4n) is 4.21. The number of ether oxygens (including phenoxy) is 1. The smallest absolute Gasteiger partial charge is 0.318 e. The van der Waals surface area contributed by atoms with Crippen molar-refractivity contribution in [2.75, 3.05) is 13.2 Å². The van der Waals surface area contributed by atoms with E-state index in [-0.39, 0.29) is 24.2 Å². The molecule has 2 fully saturated rings. The Kier molecular flexibility index (Phi) is 4.49. The Hall–Kier alpha value is -2.27. The van der Waals surface area contributed by atoms with Crippen molar-refractivity contribution >= 4 is 16.8 Å². The second-order valence-electron chi connectivity index (χ2n) is 6.98. The average molecular weight is 340 g/mol. The highest BCUT2D eigenvalue weighted by molar-refractivity contribution is 5.88.